The Kier molecular flexibility index (Phi) is 2.92. The average Bonchev–Trinajstić information content (AvgIpc) is 2.57. The maximum atomic E-state index is 4.41. The van der Waals surface area contributed by atoms with E-state index in [2.05, 4.69) is 39.9 Å². The molecule has 0 saturated heterocycles. The van der Waals surface area contributed by atoms with E-state index in [1.807, 2.05) is 14.1 Å². The molecular formula is C12H18N4. The van der Waals surface area contributed by atoms with Gasteiger partial charge in [0.2, 0.25) is 0 Å². The molecular weight excluding hydrogens is 200 g/mol. The first-order valence-electron chi connectivity index (χ1n) is 5.58. The van der Waals surface area contributed by atoms with Crippen LogP contribution in [0.4, 0.5) is 0 Å². The molecule has 0 amide bonds. The van der Waals surface area contributed by atoms with E-state index >= 15 is 0 Å². The molecule has 2 aromatic heterocycles. The molecule has 0 atom stereocenters. The minimum Gasteiger partial charge on any atom is -0.335 e. The molecule has 2 heterocycles. The van der Waals surface area contributed by atoms with Crippen molar-refractivity contribution >= 4 is 11.0 Å². The van der Waals surface area contributed by atoms with E-state index in [-0.39, 0.29) is 0 Å². The number of fused-ring (bicyclic) bond motifs is 1. The second-order valence-corrected chi connectivity index (χ2v) is 4.41. The molecule has 0 bridgehead atoms. The number of aryl methyl sites for hydroxylation is 1. The summed E-state index contributed by atoms with van der Waals surface area (Å²) < 4.78 is 2.07. The highest BCUT2D eigenvalue weighted by Gasteiger charge is 2.14. The average molecular weight is 218 g/mol. The Labute approximate surface area is 95.7 Å². The SMILES string of the molecule is CNCc1cn(C)c2ncnc(C(C)C)c12. The van der Waals surface area contributed by atoms with Gasteiger partial charge in [0.25, 0.3) is 0 Å². The van der Waals surface area contributed by atoms with E-state index in [9.17, 15) is 0 Å². The van der Waals surface area contributed by atoms with Crippen LogP contribution < -0.4 is 5.32 Å². The topological polar surface area (TPSA) is 42.7 Å². The Balaban J connectivity index is 2.72. The lowest BCUT2D eigenvalue weighted by Crippen LogP contribution is -2.05. The van der Waals surface area contributed by atoms with Crippen molar-refractivity contribution in [3.05, 3.63) is 23.8 Å². The van der Waals surface area contributed by atoms with Gasteiger partial charge in [-0.25, -0.2) is 9.97 Å². The van der Waals surface area contributed by atoms with Crippen LogP contribution in [-0.4, -0.2) is 21.6 Å². The van der Waals surface area contributed by atoms with Crippen molar-refractivity contribution in [2.24, 2.45) is 7.05 Å². The molecule has 2 rings (SSSR count). The van der Waals surface area contributed by atoms with E-state index in [4.69, 9.17) is 0 Å². The van der Waals surface area contributed by atoms with Crippen molar-refractivity contribution in [1.29, 1.82) is 0 Å². The van der Waals surface area contributed by atoms with Crippen LogP contribution in [0.15, 0.2) is 12.5 Å². The highest BCUT2D eigenvalue weighted by molar-refractivity contribution is 5.83. The summed E-state index contributed by atoms with van der Waals surface area (Å²) in [5, 5.41) is 4.39. The molecule has 86 valence electrons. The lowest BCUT2D eigenvalue weighted by Gasteiger charge is -2.07. The molecule has 0 radical (unpaired) electrons. The zero-order chi connectivity index (χ0) is 11.7. The van der Waals surface area contributed by atoms with Crippen LogP contribution in [0.3, 0.4) is 0 Å². The van der Waals surface area contributed by atoms with Gasteiger partial charge in [-0.3, -0.25) is 0 Å². The Bertz CT molecular complexity index is 499. The van der Waals surface area contributed by atoms with Gasteiger partial charge in [0.15, 0.2) is 0 Å². The van der Waals surface area contributed by atoms with E-state index in [0.29, 0.717) is 5.92 Å². The maximum absolute atomic E-state index is 4.41. The molecule has 16 heavy (non-hydrogen) atoms. The summed E-state index contributed by atoms with van der Waals surface area (Å²) in [6.45, 7) is 5.18. The summed E-state index contributed by atoms with van der Waals surface area (Å²) >= 11 is 0. The first-order valence-corrected chi connectivity index (χ1v) is 5.58. The van der Waals surface area contributed by atoms with Gasteiger partial charge in [-0.05, 0) is 18.5 Å². The molecule has 0 aliphatic rings. The van der Waals surface area contributed by atoms with Gasteiger partial charge < -0.3 is 9.88 Å². The summed E-state index contributed by atoms with van der Waals surface area (Å²) in [6, 6.07) is 0. The summed E-state index contributed by atoms with van der Waals surface area (Å²) in [7, 11) is 3.98. The lowest BCUT2D eigenvalue weighted by atomic mass is 10.0. The number of hydrogen-bond acceptors (Lipinski definition) is 3. The van der Waals surface area contributed by atoms with Gasteiger partial charge in [0.1, 0.15) is 12.0 Å². The smallest absolute Gasteiger partial charge is 0.143 e. The Morgan fingerprint density at radius 1 is 1.38 bits per heavy atom. The van der Waals surface area contributed by atoms with Crippen LogP contribution in [0, 0.1) is 0 Å². The monoisotopic (exact) mass is 218 g/mol. The first kappa shape index (κ1) is 11.1. The van der Waals surface area contributed by atoms with Gasteiger partial charge in [0, 0.05) is 25.2 Å². The number of rotatable bonds is 3. The van der Waals surface area contributed by atoms with Crippen molar-refractivity contribution in [1.82, 2.24) is 19.9 Å². The van der Waals surface area contributed by atoms with Crippen molar-refractivity contribution in [3.8, 4) is 0 Å². The Hall–Kier alpha value is -1.42. The summed E-state index contributed by atoms with van der Waals surface area (Å²) in [5.74, 6) is 0.420. The number of hydrogen-bond donors (Lipinski definition) is 1. The Morgan fingerprint density at radius 3 is 2.75 bits per heavy atom. The summed E-state index contributed by atoms with van der Waals surface area (Å²) in [5.41, 5.74) is 3.42. The fourth-order valence-electron chi connectivity index (χ4n) is 2.09. The predicted octanol–water partition coefficient (Wildman–Crippen LogP) is 1.81. The van der Waals surface area contributed by atoms with Crippen LogP contribution in [-0.2, 0) is 13.6 Å². The van der Waals surface area contributed by atoms with E-state index in [0.717, 1.165) is 17.9 Å². The standard InChI is InChI=1S/C12H18N4/c1-8(2)11-10-9(5-13-3)6-16(4)12(10)15-7-14-11/h6-8,13H,5H2,1-4H3. The second-order valence-electron chi connectivity index (χ2n) is 4.41. The molecule has 4 nitrogen and oxygen atoms in total. The predicted molar refractivity (Wildman–Crippen MR) is 65.4 cm³/mol. The van der Waals surface area contributed by atoms with Crippen molar-refractivity contribution in [2.75, 3.05) is 7.05 Å². The van der Waals surface area contributed by atoms with E-state index in [1.54, 1.807) is 6.33 Å². The maximum Gasteiger partial charge on any atom is 0.143 e. The van der Waals surface area contributed by atoms with Gasteiger partial charge in [0.05, 0.1) is 5.69 Å². The van der Waals surface area contributed by atoms with Crippen LogP contribution in [0.25, 0.3) is 11.0 Å². The summed E-state index contributed by atoms with van der Waals surface area (Å²) in [4.78, 5) is 8.76. The zero-order valence-corrected chi connectivity index (χ0v) is 10.3. The number of nitrogens with zero attached hydrogens (tertiary/aromatic N) is 3. The zero-order valence-electron chi connectivity index (χ0n) is 10.3. The van der Waals surface area contributed by atoms with Crippen LogP contribution >= 0.6 is 0 Å². The third kappa shape index (κ3) is 1.69. The molecule has 4 heteroatoms. The van der Waals surface area contributed by atoms with Crippen molar-refractivity contribution in [3.63, 3.8) is 0 Å². The Morgan fingerprint density at radius 2 is 2.12 bits per heavy atom. The minimum absolute atomic E-state index is 0.420. The molecule has 2 aromatic rings. The van der Waals surface area contributed by atoms with Crippen molar-refractivity contribution < 1.29 is 0 Å². The molecule has 0 aromatic carbocycles. The lowest BCUT2D eigenvalue weighted by molar-refractivity contribution is 0.806. The molecule has 1 N–H and O–H groups in total. The fourth-order valence-corrected chi connectivity index (χ4v) is 2.09. The van der Waals surface area contributed by atoms with Crippen LogP contribution in [0.5, 0.6) is 0 Å². The fraction of sp³-hybridized carbons (Fsp3) is 0.500. The first-order chi connectivity index (χ1) is 7.65. The van der Waals surface area contributed by atoms with E-state index < -0.39 is 0 Å². The minimum atomic E-state index is 0.420. The van der Waals surface area contributed by atoms with Gasteiger partial charge >= 0.3 is 0 Å². The molecule has 0 fully saturated rings. The van der Waals surface area contributed by atoms with E-state index in [1.165, 1.54) is 10.9 Å². The quantitative estimate of drug-likeness (QED) is 0.854. The molecule has 0 aliphatic carbocycles. The second kappa shape index (κ2) is 4.22. The molecule has 0 spiro atoms. The third-order valence-corrected chi connectivity index (χ3v) is 2.78. The molecule has 0 saturated carbocycles. The third-order valence-electron chi connectivity index (χ3n) is 2.78. The normalized spacial score (nSPS) is 11.6. The molecule has 0 aliphatic heterocycles. The van der Waals surface area contributed by atoms with Crippen LogP contribution in [0.1, 0.15) is 31.0 Å². The highest BCUT2D eigenvalue weighted by atomic mass is 15.0. The number of nitrogens with one attached hydrogen (secondary N) is 1. The molecule has 0 unspecified atom stereocenters. The number of aromatic nitrogens is 3. The summed E-state index contributed by atoms with van der Waals surface area (Å²) in [6.07, 6.45) is 3.78. The van der Waals surface area contributed by atoms with Gasteiger partial charge in [-0.1, -0.05) is 13.8 Å². The largest absolute Gasteiger partial charge is 0.335 e. The van der Waals surface area contributed by atoms with Crippen molar-refractivity contribution in [2.45, 2.75) is 26.3 Å². The van der Waals surface area contributed by atoms with Crippen LogP contribution in [0.2, 0.25) is 0 Å². The highest BCUT2D eigenvalue weighted by Crippen LogP contribution is 2.26. The van der Waals surface area contributed by atoms with Gasteiger partial charge in [-0.2, -0.15) is 0 Å². The van der Waals surface area contributed by atoms with Gasteiger partial charge in [-0.15, -0.1) is 0 Å².